The van der Waals surface area contributed by atoms with Gasteiger partial charge in [0.2, 0.25) is 5.91 Å². The number of halogens is 1. The van der Waals surface area contributed by atoms with Crippen LogP contribution in [0.5, 0.6) is 0 Å². The van der Waals surface area contributed by atoms with Crippen LogP contribution in [0.2, 0.25) is 0 Å². The van der Waals surface area contributed by atoms with E-state index in [1.807, 2.05) is 25.3 Å². The molecule has 2 aromatic heterocycles. The second kappa shape index (κ2) is 8.16. The average molecular weight is 426 g/mol. The fraction of sp³-hybridized carbons (Fsp3) is 0.308. The maximum atomic E-state index is 13.9. The third-order valence-electron chi connectivity index (χ3n) is 6.95. The molecule has 1 N–H and O–H groups in total. The number of nitriles is 1. The van der Waals surface area contributed by atoms with Crippen LogP contribution in [0.15, 0.2) is 60.4 Å². The van der Waals surface area contributed by atoms with Gasteiger partial charge >= 0.3 is 0 Å². The van der Waals surface area contributed by atoms with Gasteiger partial charge in [0.05, 0.1) is 23.3 Å². The molecule has 0 aliphatic heterocycles. The Kier molecular flexibility index (Phi) is 5.18. The lowest BCUT2D eigenvalue weighted by atomic mass is 9.90. The van der Waals surface area contributed by atoms with Crippen LogP contribution >= 0.6 is 0 Å². The molecule has 160 valence electrons. The Labute approximate surface area is 186 Å². The quantitative estimate of drug-likeness (QED) is 0.570. The summed E-state index contributed by atoms with van der Waals surface area (Å²) in [5.74, 6) is 0.825. The lowest BCUT2D eigenvalue weighted by Crippen LogP contribution is -2.22. The summed E-state index contributed by atoms with van der Waals surface area (Å²) < 4.78 is 13.9. The van der Waals surface area contributed by atoms with Crippen molar-refractivity contribution in [3.63, 3.8) is 0 Å². The van der Waals surface area contributed by atoms with E-state index in [1.165, 1.54) is 23.4 Å². The van der Waals surface area contributed by atoms with Gasteiger partial charge in [0, 0.05) is 11.6 Å². The maximum absolute atomic E-state index is 13.9. The number of fused-ring (bicyclic) bond motifs is 2. The van der Waals surface area contributed by atoms with E-state index in [4.69, 9.17) is 5.26 Å². The van der Waals surface area contributed by atoms with Crippen molar-refractivity contribution in [3.05, 3.63) is 77.5 Å². The lowest BCUT2D eigenvalue weighted by Gasteiger charge is -2.17. The number of anilines is 1. The molecule has 2 aliphatic carbocycles. The Morgan fingerprint density at radius 3 is 2.84 bits per heavy atom. The number of nitrogens with one attached hydrogen (secondary N) is 1. The summed E-state index contributed by atoms with van der Waals surface area (Å²) in [7, 11) is 0. The third kappa shape index (κ3) is 3.75. The molecule has 6 heteroatoms. The van der Waals surface area contributed by atoms with E-state index in [2.05, 4.69) is 21.4 Å². The topological polar surface area (TPSA) is 78.7 Å². The number of amides is 1. The first-order chi connectivity index (χ1) is 15.5. The van der Waals surface area contributed by atoms with Crippen molar-refractivity contribution >= 4 is 22.5 Å². The highest BCUT2D eigenvalue weighted by Gasteiger charge is 2.40. The molecule has 3 aromatic rings. The fourth-order valence-electron chi connectivity index (χ4n) is 5.27. The van der Waals surface area contributed by atoms with Gasteiger partial charge in [-0.05, 0) is 85.9 Å². The summed E-state index contributed by atoms with van der Waals surface area (Å²) in [5.41, 5.74) is 4.11. The van der Waals surface area contributed by atoms with Gasteiger partial charge in [0.25, 0.3) is 0 Å². The van der Waals surface area contributed by atoms with Crippen molar-refractivity contribution in [2.45, 2.75) is 32.1 Å². The standard InChI is InChI=1S/C26H23FN4O/c1-15(26(32)31-22-4-3-21(13-28)30-14-22)16-8-17-10-19(11-18(17)9-16)23-6-7-29-25-5-2-20(27)12-24(23)25/h2-8,12,14-15,17-19H,9-11H2,1H3,(H,31,32). The van der Waals surface area contributed by atoms with Crippen LogP contribution in [0, 0.1) is 34.9 Å². The zero-order valence-corrected chi connectivity index (χ0v) is 17.8. The Morgan fingerprint density at radius 1 is 1.22 bits per heavy atom. The molecule has 1 aromatic carbocycles. The van der Waals surface area contributed by atoms with Gasteiger partial charge in [-0.25, -0.2) is 9.37 Å². The second-order valence-electron chi connectivity index (χ2n) is 8.85. The molecule has 0 saturated heterocycles. The minimum atomic E-state index is -0.232. The number of hydrogen-bond acceptors (Lipinski definition) is 4. The number of carbonyl (C=O) groups excluding carboxylic acids is 1. The number of hydrogen-bond donors (Lipinski definition) is 1. The zero-order valence-electron chi connectivity index (χ0n) is 17.8. The molecule has 2 aliphatic rings. The Bertz CT molecular complexity index is 1260. The normalized spacial score (nSPS) is 22.8. The minimum Gasteiger partial charge on any atom is -0.324 e. The molecule has 4 atom stereocenters. The van der Waals surface area contributed by atoms with Crippen molar-refractivity contribution in [1.82, 2.24) is 9.97 Å². The largest absolute Gasteiger partial charge is 0.324 e. The first-order valence-corrected chi connectivity index (χ1v) is 10.9. The van der Waals surface area contributed by atoms with Crippen molar-refractivity contribution in [2.24, 2.45) is 17.8 Å². The number of carbonyl (C=O) groups is 1. The monoisotopic (exact) mass is 426 g/mol. The summed E-state index contributed by atoms with van der Waals surface area (Å²) >= 11 is 0. The Morgan fingerprint density at radius 2 is 2.09 bits per heavy atom. The first kappa shape index (κ1) is 20.3. The summed E-state index contributed by atoms with van der Waals surface area (Å²) in [5, 5.41) is 12.7. The van der Waals surface area contributed by atoms with E-state index < -0.39 is 0 Å². The van der Waals surface area contributed by atoms with Gasteiger partial charge in [0.1, 0.15) is 17.6 Å². The summed E-state index contributed by atoms with van der Waals surface area (Å²) in [6.07, 6.45) is 8.57. The Hall–Kier alpha value is -3.59. The molecule has 0 spiro atoms. The second-order valence-corrected chi connectivity index (χ2v) is 8.85. The Balaban J connectivity index is 1.28. The van der Waals surface area contributed by atoms with Gasteiger partial charge < -0.3 is 5.32 Å². The van der Waals surface area contributed by atoms with Crippen molar-refractivity contribution in [2.75, 3.05) is 5.32 Å². The summed E-state index contributed by atoms with van der Waals surface area (Å²) in [6, 6.07) is 12.1. The maximum Gasteiger partial charge on any atom is 0.231 e. The summed E-state index contributed by atoms with van der Waals surface area (Å²) in [4.78, 5) is 21.1. The average Bonchev–Trinajstić information content (AvgIpc) is 3.38. The van der Waals surface area contributed by atoms with Crippen LogP contribution in [0.4, 0.5) is 10.1 Å². The molecular formula is C26H23FN4O. The van der Waals surface area contributed by atoms with Crippen LogP contribution < -0.4 is 5.32 Å². The van der Waals surface area contributed by atoms with Crippen LogP contribution in [-0.4, -0.2) is 15.9 Å². The highest BCUT2D eigenvalue weighted by Crippen LogP contribution is 2.51. The highest BCUT2D eigenvalue weighted by molar-refractivity contribution is 5.94. The van der Waals surface area contributed by atoms with E-state index in [-0.39, 0.29) is 17.6 Å². The number of benzene rings is 1. The van der Waals surface area contributed by atoms with Crippen LogP contribution in [-0.2, 0) is 4.79 Å². The molecule has 0 bridgehead atoms. The van der Waals surface area contributed by atoms with Gasteiger partial charge in [0.15, 0.2) is 0 Å². The van der Waals surface area contributed by atoms with E-state index in [0.717, 1.165) is 30.2 Å². The zero-order chi connectivity index (χ0) is 22.2. The van der Waals surface area contributed by atoms with Crippen LogP contribution in [0.25, 0.3) is 10.9 Å². The van der Waals surface area contributed by atoms with Crippen LogP contribution in [0.3, 0.4) is 0 Å². The van der Waals surface area contributed by atoms with E-state index in [1.54, 1.807) is 24.3 Å². The molecule has 32 heavy (non-hydrogen) atoms. The first-order valence-electron chi connectivity index (χ1n) is 10.9. The van der Waals surface area contributed by atoms with Crippen molar-refractivity contribution in [1.29, 1.82) is 5.26 Å². The number of pyridine rings is 2. The van der Waals surface area contributed by atoms with Crippen LogP contribution in [0.1, 0.15) is 43.4 Å². The molecule has 4 unspecified atom stereocenters. The lowest BCUT2D eigenvalue weighted by molar-refractivity contribution is -0.118. The number of rotatable bonds is 4. The van der Waals surface area contributed by atoms with Gasteiger partial charge in [-0.3, -0.25) is 9.78 Å². The number of aromatic nitrogens is 2. The third-order valence-corrected chi connectivity index (χ3v) is 6.95. The van der Waals surface area contributed by atoms with Gasteiger partial charge in [-0.15, -0.1) is 0 Å². The molecular weight excluding hydrogens is 403 g/mol. The SMILES string of the molecule is CC(C(=O)Nc1ccc(C#N)nc1)C1=CC2CC(c3ccnc4ccc(F)cc34)CC2C1. The van der Waals surface area contributed by atoms with Crippen molar-refractivity contribution in [3.8, 4) is 6.07 Å². The molecule has 5 nitrogen and oxygen atoms in total. The summed E-state index contributed by atoms with van der Waals surface area (Å²) in [6.45, 7) is 1.94. The molecule has 1 amide bonds. The predicted molar refractivity (Wildman–Crippen MR) is 120 cm³/mol. The van der Waals surface area contributed by atoms with E-state index >= 15 is 0 Å². The highest BCUT2D eigenvalue weighted by atomic mass is 19.1. The smallest absolute Gasteiger partial charge is 0.231 e. The van der Waals surface area contributed by atoms with Crippen molar-refractivity contribution < 1.29 is 9.18 Å². The van der Waals surface area contributed by atoms with E-state index in [9.17, 15) is 9.18 Å². The number of allylic oxidation sites excluding steroid dienone is 1. The molecule has 5 rings (SSSR count). The molecule has 0 radical (unpaired) electrons. The molecule has 1 saturated carbocycles. The molecule has 2 heterocycles. The number of nitrogens with zero attached hydrogens (tertiary/aromatic N) is 3. The van der Waals surface area contributed by atoms with Gasteiger partial charge in [-0.1, -0.05) is 11.6 Å². The fourth-order valence-corrected chi connectivity index (χ4v) is 5.27. The predicted octanol–water partition coefficient (Wildman–Crippen LogP) is 5.36. The van der Waals surface area contributed by atoms with E-state index in [0.29, 0.717) is 29.1 Å². The molecule has 1 fully saturated rings. The van der Waals surface area contributed by atoms with Gasteiger partial charge in [-0.2, -0.15) is 5.26 Å². The minimum absolute atomic E-state index is 0.0603.